The van der Waals surface area contributed by atoms with Crippen LogP contribution in [0.3, 0.4) is 0 Å². The average molecular weight is 289 g/mol. The molecule has 1 aromatic rings. The zero-order chi connectivity index (χ0) is 15.2. The monoisotopic (exact) mass is 289 g/mol. The molecule has 0 bridgehead atoms. The Labute approximate surface area is 128 Å². The highest BCUT2D eigenvalue weighted by Crippen LogP contribution is 2.29. The van der Waals surface area contributed by atoms with E-state index < -0.39 is 0 Å². The fourth-order valence-electron chi connectivity index (χ4n) is 2.93. The molecule has 0 aromatic heterocycles. The van der Waals surface area contributed by atoms with Crippen molar-refractivity contribution < 1.29 is 9.53 Å². The molecule has 0 aliphatic carbocycles. The van der Waals surface area contributed by atoms with E-state index in [0.717, 1.165) is 37.9 Å². The molecule has 1 aromatic carbocycles. The Balaban J connectivity index is 2.05. The lowest BCUT2D eigenvalue weighted by molar-refractivity contribution is -0.154. The summed E-state index contributed by atoms with van der Waals surface area (Å²) < 4.78 is 5.81. The van der Waals surface area contributed by atoms with Crippen LogP contribution in [0.4, 0.5) is 0 Å². The highest BCUT2D eigenvalue weighted by Gasteiger charge is 2.30. The van der Waals surface area contributed by atoms with Crippen LogP contribution >= 0.6 is 0 Å². The Hall–Kier alpha value is -1.35. The highest BCUT2D eigenvalue weighted by molar-refractivity contribution is 5.78. The molecule has 3 heteroatoms. The third-order valence-electron chi connectivity index (χ3n) is 4.57. The number of ether oxygens (including phenoxy) is 1. The van der Waals surface area contributed by atoms with Gasteiger partial charge >= 0.3 is 5.97 Å². The molecule has 1 saturated heterocycles. The lowest BCUT2D eigenvalue weighted by Gasteiger charge is -2.31. The molecule has 0 amide bonds. The van der Waals surface area contributed by atoms with E-state index in [-0.39, 0.29) is 18.0 Å². The van der Waals surface area contributed by atoms with Gasteiger partial charge < -0.3 is 9.64 Å². The molecule has 2 rings (SSSR count). The fourth-order valence-corrected chi connectivity index (χ4v) is 2.93. The average Bonchev–Trinajstić information content (AvgIpc) is 2.50. The summed E-state index contributed by atoms with van der Waals surface area (Å²) in [5.41, 5.74) is 1.07. The summed E-state index contributed by atoms with van der Waals surface area (Å²) in [4.78, 5) is 14.9. The lowest BCUT2D eigenvalue weighted by atomic mass is 9.85. The molecule has 21 heavy (non-hydrogen) atoms. The highest BCUT2D eigenvalue weighted by atomic mass is 16.5. The molecule has 1 aliphatic heterocycles. The van der Waals surface area contributed by atoms with Gasteiger partial charge in [-0.15, -0.1) is 0 Å². The molecule has 1 fully saturated rings. The van der Waals surface area contributed by atoms with Crippen molar-refractivity contribution in [3.63, 3.8) is 0 Å². The normalized spacial score (nSPS) is 20.0. The van der Waals surface area contributed by atoms with Crippen LogP contribution in [0.2, 0.25) is 0 Å². The largest absolute Gasteiger partial charge is 0.462 e. The fraction of sp³-hybridized carbons (Fsp3) is 0.611. The van der Waals surface area contributed by atoms with Gasteiger partial charge in [0.1, 0.15) is 6.10 Å². The molecule has 0 saturated carbocycles. The summed E-state index contributed by atoms with van der Waals surface area (Å²) in [6.45, 7) is 6.28. The first-order valence-corrected chi connectivity index (χ1v) is 8.05. The topological polar surface area (TPSA) is 29.5 Å². The van der Waals surface area contributed by atoms with E-state index in [9.17, 15) is 4.79 Å². The van der Waals surface area contributed by atoms with Crippen molar-refractivity contribution in [1.29, 1.82) is 0 Å². The van der Waals surface area contributed by atoms with Gasteiger partial charge in [-0.3, -0.25) is 4.79 Å². The molecule has 0 radical (unpaired) electrons. The van der Waals surface area contributed by atoms with E-state index in [0.29, 0.717) is 5.92 Å². The van der Waals surface area contributed by atoms with Crippen LogP contribution < -0.4 is 0 Å². The second-order valence-electron chi connectivity index (χ2n) is 6.21. The van der Waals surface area contributed by atoms with Crippen molar-refractivity contribution in [2.24, 2.45) is 5.92 Å². The van der Waals surface area contributed by atoms with Crippen LogP contribution in [-0.2, 0) is 9.53 Å². The molecule has 116 valence electrons. The maximum atomic E-state index is 12.7. The van der Waals surface area contributed by atoms with Crippen LogP contribution in [0, 0.1) is 5.92 Å². The number of hydrogen-bond donors (Lipinski definition) is 0. The van der Waals surface area contributed by atoms with Crippen molar-refractivity contribution in [2.45, 2.75) is 45.1 Å². The van der Waals surface area contributed by atoms with E-state index in [1.807, 2.05) is 30.3 Å². The number of carbonyl (C=O) groups is 1. The Kier molecular flexibility index (Phi) is 5.80. The predicted molar refractivity (Wildman–Crippen MR) is 85.2 cm³/mol. The zero-order valence-corrected chi connectivity index (χ0v) is 13.4. The number of carbonyl (C=O) groups excluding carboxylic acids is 1. The smallest absolute Gasteiger partial charge is 0.313 e. The molecule has 0 unspecified atom stereocenters. The van der Waals surface area contributed by atoms with Crippen molar-refractivity contribution in [3.8, 4) is 0 Å². The number of benzene rings is 1. The van der Waals surface area contributed by atoms with Crippen LogP contribution in [0.25, 0.3) is 0 Å². The Morgan fingerprint density at radius 1 is 1.29 bits per heavy atom. The van der Waals surface area contributed by atoms with Crippen LogP contribution in [-0.4, -0.2) is 37.1 Å². The molecule has 1 heterocycles. The second kappa shape index (κ2) is 7.60. The predicted octanol–water partition coefficient (Wildman–Crippen LogP) is 3.45. The number of esters is 1. The quantitative estimate of drug-likeness (QED) is 0.778. The third-order valence-corrected chi connectivity index (χ3v) is 4.57. The maximum Gasteiger partial charge on any atom is 0.313 e. The summed E-state index contributed by atoms with van der Waals surface area (Å²) in [6, 6.07) is 10.0. The number of piperidine rings is 1. The summed E-state index contributed by atoms with van der Waals surface area (Å²) in [7, 11) is 2.12. The summed E-state index contributed by atoms with van der Waals surface area (Å²) >= 11 is 0. The van der Waals surface area contributed by atoms with Crippen LogP contribution in [0.1, 0.15) is 44.6 Å². The number of nitrogens with zero attached hydrogens (tertiary/aromatic N) is 1. The molecule has 0 spiro atoms. The van der Waals surface area contributed by atoms with Crippen molar-refractivity contribution in [3.05, 3.63) is 35.9 Å². The van der Waals surface area contributed by atoms with Gasteiger partial charge in [0, 0.05) is 13.1 Å². The minimum Gasteiger partial charge on any atom is -0.462 e. The number of likely N-dealkylation sites (tertiary alicyclic amines) is 1. The van der Waals surface area contributed by atoms with Crippen LogP contribution in [0.5, 0.6) is 0 Å². The molecule has 2 atom stereocenters. The van der Waals surface area contributed by atoms with Crippen molar-refractivity contribution in [1.82, 2.24) is 4.90 Å². The molecule has 0 N–H and O–H groups in total. The van der Waals surface area contributed by atoms with E-state index in [4.69, 9.17) is 4.74 Å². The Morgan fingerprint density at radius 3 is 2.48 bits per heavy atom. The second-order valence-corrected chi connectivity index (χ2v) is 6.21. The Bertz CT molecular complexity index is 438. The van der Waals surface area contributed by atoms with Gasteiger partial charge in [-0.05, 0) is 31.4 Å². The zero-order valence-electron chi connectivity index (χ0n) is 13.4. The van der Waals surface area contributed by atoms with E-state index in [1.165, 1.54) is 0 Å². The van der Waals surface area contributed by atoms with Gasteiger partial charge in [0.05, 0.1) is 5.92 Å². The summed E-state index contributed by atoms with van der Waals surface area (Å²) in [5, 5.41) is 0. The minimum atomic E-state index is -0.143. The lowest BCUT2D eigenvalue weighted by Crippen LogP contribution is -2.36. The van der Waals surface area contributed by atoms with E-state index in [1.54, 1.807) is 0 Å². The number of rotatable bonds is 5. The Morgan fingerprint density at radius 2 is 1.90 bits per heavy atom. The molecular weight excluding hydrogens is 262 g/mol. The molecule has 1 aliphatic rings. The van der Waals surface area contributed by atoms with Gasteiger partial charge in [-0.2, -0.15) is 0 Å². The van der Waals surface area contributed by atoms with Gasteiger partial charge in [0.2, 0.25) is 0 Å². The van der Waals surface area contributed by atoms with E-state index in [2.05, 4.69) is 25.8 Å². The van der Waals surface area contributed by atoms with E-state index >= 15 is 0 Å². The third kappa shape index (κ3) is 4.31. The van der Waals surface area contributed by atoms with Gasteiger partial charge in [0.15, 0.2) is 0 Å². The summed E-state index contributed by atoms with van der Waals surface area (Å²) in [5.74, 6) is 0.104. The standard InChI is InChI=1S/C18H27NO2/c1-4-14(2)17(15-8-6-5-7-9-15)18(20)21-16-10-12-19(3)13-11-16/h5-9,14,16-17H,4,10-13H2,1-3H3/t14-,17-/m0/s1. The van der Waals surface area contributed by atoms with Crippen LogP contribution in [0.15, 0.2) is 30.3 Å². The van der Waals surface area contributed by atoms with Crippen molar-refractivity contribution >= 4 is 5.97 Å². The molecule has 3 nitrogen and oxygen atoms in total. The molecular formula is C18H27NO2. The first-order chi connectivity index (χ1) is 10.1. The minimum absolute atomic E-state index is 0.0508. The number of hydrogen-bond acceptors (Lipinski definition) is 3. The first kappa shape index (κ1) is 16.0. The van der Waals surface area contributed by atoms with Gasteiger partial charge in [-0.1, -0.05) is 50.6 Å². The summed E-state index contributed by atoms with van der Waals surface area (Å²) in [6.07, 6.45) is 2.96. The maximum absolute atomic E-state index is 12.7. The van der Waals surface area contributed by atoms with Crippen molar-refractivity contribution in [2.75, 3.05) is 20.1 Å². The van der Waals surface area contributed by atoms with Gasteiger partial charge in [0.25, 0.3) is 0 Å². The SMILES string of the molecule is CC[C@H](C)[C@H](C(=O)OC1CCN(C)CC1)c1ccccc1. The first-order valence-electron chi connectivity index (χ1n) is 8.05. The van der Waals surface area contributed by atoms with Gasteiger partial charge in [-0.25, -0.2) is 0 Å².